The molecule has 4 N–H and O–H groups in total. The Hall–Kier alpha value is -2.57. The lowest BCUT2D eigenvalue weighted by molar-refractivity contribution is -0.151. The van der Waals surface area contributed by atoms with Crippen LogP contribution in [-0.2, 0) is 14.8 Å². The Labute approximate surface area is 264 Å². The van der Waals surface area contributed by atoms with E-state index in [0.717, 1.165) is 19.1 Å². The first kappa shape index (κ1) is 35.9. The van der Waals surface area contributed by atoms with Crippen molar-refractivity contribution in [2.24, 2.45) is 0 Å². The monoisotopic (exact) mass is 705 g/mol. The molecule has 1 atom stereocenters. The van der Waals surface area contributed by atoms with Gasteiger partial charge in [-0.3, -0.25) is 25.2 Å². The van der Waals surface area contributed by atoms with Gasteiger partial charge in [-0.2, -0.15) is 17.9 Å². The molecule has 244 valence electrons. The first-order valence-corrected chi connectivity index (χ1v) is 16.1. The Kier molecular flexibility index (Phi) is 11.3. The molecule has 2 heterocycles. The summed E-state index contributed by atoms with van der Waals surface area (Å²) in [4.78, 5) is 43.0. The molecule has 0 aliphatic carbocycles. The van der Waals surface area contributed by atoms with E-state index in [2.05, 4.69) is 15.8 Å². The third-order valence-corrected chi connectivity index (χ3v) is 9.92. The molecule has 0 saturated carbocycles. The van der Waals surface area contributed by atoms with Crippen molar-refractivity contribution in [1.82, 2.24) is 25.5 Å². The van der Waals surface area contributed by atoms with Crippen LogP contribution in [0.25, 0.3) is 10.4 Å². The van der Waals surface area contributed by atoms with Crippen LogP contribution in [0.1, 0.15) is 66.7 Å². The number of alkyl halides is 4. The summed E-state index contributed by atoms with van der Waals surface area (Å²) in [5.74, 6) is -2.39. The van der Waals surface area contributed by atoms with Crippen molar-refractivity contribution in [2.75, 3.05) is 13.1 Å². The van der Waals surface area contributed by atoms with E-state index in [4.69, 9.17) is 23.2 Å². The minimum Gasteiger partial charge on any atom is -0.390 e. The second kappa shape index (κ2) is 13.8. The zero-order valence-corrected chi connectivity index (χ0v) is 26.7. The van der Waals surface area contributed by atoms with E-state index >= 15 is 0 Å². The fraction of sp³-hybridized carbons (Fsp3) is 0.520. The van der Waals surface area contributed by atoms with Gasteiger partial charge in [0.05, 0.1) is 26.9 Å². The summed E-state index contributed by atoms with van der Waals surface area (Å²) in [6.45, 7) is 3.99. The summed E-state index contributed by atoms with van der Waals surface area (Å²) < 4.78 is 80.7. The lowest BCUT2D eigenvalue weighted by Gasteiger charge is -2.28. The average Bonchev–Trinajstić information content (AvgIpc) is 3.35. The summed E-state index contributed by atoms with van der Waals surface area (Å²) in [6.07, 6.45) is -6.81. The number of hydrogen-bond acceptors (Lipinski definition) is 8. The van der Waals surface area contributed by atoms with Gasteiger partial charge in [0.25, 0.3) is 11.8 Å². The van der Waals surface area contributed by atoms with Crippen molar-refractivity contribution >= 4 is 62.3 Å². The van der Waals surface area contributed by atoms with Crippen molar-refractivity contribution in [1.29, 1.82) is 0 Å². The zero-order chi connectivity index (χ0) is 33.2. The molecule has 2 aromatic rings. The first-order valence-electron chi connectivity index (χ1n) is 13.1. The fourth-order valence-corrected chi connectivity index (χ4v) is 7.32. The van der Waals surface area contributed by atoms with E-state index in [1.807, 2.05) is 0 Å². The number of carbonyl (C=O) groups excluding carboxylic acids is 3. The molecule has 1 fully saturated rings. The molecule has 1 aliphatic rings. The van der Waals surface area contributed by atoms with Gasteiger partial charge in [0.1, 0.15) is 22.8 Å². The van der Waals surface area contributed by atoms with E-state index in [1.165, 1.54) is 18.7 Å². The van der Waals surface area contributed by atoms with Crippen LogP contribution in [0.4, 0.5) is 17.6 Å². The van der Waals surface area contributed by atoms with E-state index in [0.29, 0.717) is 11.3 Å². The van der Waals surface area contributed by atoms with Gasteiger partial charge in [-0.05, 0) is 39.2 Å². The average molecular weight is 707 g/mol. The Morgan fingerprint density at radius 2 is 1.75 bits per heavy atom. The van der Waals surface area contributed by atoms with Crippen molar-refractivity contribution < 1.29 is 45.5 Å². The molecule has 11 nitrogen and oxygen atoms in total. The highest BCUT2D eigenvalue weighted by atomic mass is 35.5. The second-order valence-electron chi connectivity index (χ2n) is 10.5. The van der Waals surface area contributed by atoms with E-state index < -0.39 is 73.1 Å². The topological polar surface area (TPSA) is 158 Å². The maximum Gasteiger partial charge on any atom is 0.404 e. The number of piperidine rings is 1. The van der Waals surface area contributed by atoms with Crippen LogP contribution in [0.2, 0.25) is 10.0 Å². The van der Waals surface area contributed by atoms with Crippen LogP contribution in [-0.4, -0.2) is 78.2 Å². The van der Waals surface area contributed by atoms with Crippen molar-refractivity contribution in [2.45, 2.75) is 75.3 Å². The molecule has 44 heavy (non-hydrogen) atoms. The number of sulfonamides is 1. The van der Waals surface area contributed by atoms with Crippen LogP contribution in [0, 0.1) is 0 Å². The Morgan fingerprint density at radius 1 is 1.14 bits per heavy atom. The van der Waals surface area contributed by atoms with Gasteiger partial charge in [-0.25, -0.2) is 17.8 Å². The number of aromatic nitrogens is 1. The third-order valence-electron chi connectivity index (χ3n) is 6.33. The fourth-order valence-electron chi connectivity index (χ4n) is 4.11. The lowest BCUT2D eigenvalue weighted by Crippen LogP contribution is -2.44. The number of nitrogens with zero attached hydrogens (tertiary/aromatic N) is 2. The normalized spacial score (nSPS) is 15.6. The van der Waals surface area contributed by atoms with Crippen molar-refractivity contribution in [3.8, 4) is 10.4 Å². The quantitative estimate of drug-likeness (QED) is 0.225. The Balaban J connectivity index is 2.02. The molecule has 1 saturated heterocycles. The number of hydrazine groups is 1. The van der Waals surface area contributed by atoms with E-state index in [-0.39, 0.29) is 53.5 Å². The minimum absolute atomic E-state index is 0.0423. The standard InChI is InChI=1S/C25H29Cl2F4N5O6S2/c1-4-15(25(29,30)31)35-44(41,42)14-6-5-13(17(26)18(14)27)20-19(23(39)36-9-7-12(28)8-10-36)32-22(43-20)21(38)34-33-16(37)11-24(2,3)40/h5-6,12,15,35,40H,4,7-11H2,1-3H3,(H,33,37)(H,34,38)/t15-/m0/s1. The van der Waals surface area contributed by atoms with Crippen LogP contribution < -0.4 is 15.6 Å². The maximum absolute atomic E-state index is 13.7. The summed E-state index contributed by atoms with van der Waals surface area (Å²) in [5.41, 5.74) is 2.48. The van der Waals surface area contributed by atoms with Crippen molar-refractivity contribution in [3.05, 3.63) is 32.9 Å². The highest BCUT2D eigenvalue weighted by Crippen LogP contribution is 2.42. The highest BCUT2D eigenvalue weighted by Gasteiger charge is 2.41. The van der Waals surface area contributed by atoms with Crippen molar-refractivity contribution in [3.63, 3.8) is 0 Å². The molecule has 1 aliphatic heterocycles. The zero-order valence-electron chi connectivity index (χ0n) is 23.5. The molecule has 0 bridgehead atoms. The molecule has 0 unspecified atom stereocenters. The number of hydrogen-bond donors (Lipinski definition) is 4. The predicted molar refractivity (Wildman–Crippen MR) is 155 cm³/mol. The Morgan fingerprint density at radius 3 is 2.30 bits per heavy atom. The summed E-state index contributed by atoms with van der Waals surface area (Å²) in [5, 5.41) is 8.34. The Bertz CT molecular complexity index is 1520. The van der Waals surface area contributed by atoms with Crippen LogP contribution >= 0.6 is 34.5 Å². The molecule has 1 aromatic heterocycles. The predicted octanol–water partition coefficient (Wildman–Crippen LogP) is 4.23. The lowest BCUT2D eigenvalue weighted by atomic mass is 10.1. The van der Waals surface area contributed by atoms with Gasteiger partial charge in [0.15, 0.2) is 5.01 Å². The largest absolute Gasteiger partial charge is 0.404 e. The molecular formula is C25H29Cl2F4N5O6S2. The van der Waals surface area contributed by atoms with Crippen LogP contribution in [0.5, 0.6) is 0 Å². The molecule has 0 radical (unpaired) electrons. The summed E-state index contributed by atoms with van der Waals surface area (Å²) in [7, 11) is -4.82. The molecule has 3 amide bonds. The van der Waals surface area contributed by atoms with Gasteiger partial charge in [0, 0.05) is 18.7 Å². The smallest absolute Gasteiger partial charge is 0.390 e. The number of carbonyl (C=O) groups is 3. The number of aliphatic hydroxyl groups is 1. The van der Waals surface area contributed by atoms with E-state index in [1.54, 1.807) is 4.72 Å². The molecule has 0 spiro atoms. The number of thiazole rings is 1. The van der Waals surface area contributed by atoms with Gasteiger partial charge in [-0.1, -0.05) is 36.2 Å². The summed E-state index contributed by atoms with van der Waals surface area (Å²) in [6, 6.07) is -0.401. The first-order chi connectivity index (χ1) is 20.2. The van der Waals surface area contributed by atoms with Gasteiger partial charge >= 0.3 is 6.18 Å². The highest BCUT2D eigenvalue weighted by molar-refractivity contribution is 7.89. The SMILES string of the molecule is CC[C@H](NS(=O)(=O)c1ccc(-c2sc(C(=O)NNC(=O)CC(C)(C)O)nc2C(=O)N2CCC(F)CC2)c(Cl)c1Cl)C(F)(F)F. The third kappa shape index (κ3) is 8.78. The summed E-state index contributed by atoms with van der Waals surface area (Å²) >= 11 is 13.3. The number of amides is 3. The number of nitrogens with one attached hydrogen (secondary N) is 3. The molecular weight excluding hydrogens is 677 g/mol. The molecule has 19 heteroatoms. The van der Waals surface area contributed by atoms with Crippen LogP contribution in [0.15, 0.2) is 17.0 Å². The van der Waals surface area contributed by atoms with Gasteiger partial charge in [0.2, 0.25) is 15.9 Å². The molecule has 3 rings (SSSR count). The maximum atomic E-state index is 13.7. The number of likely N-dealkylation sites (tertiary alicyclic amines) is 1. The second-order valence-corrected chi connectivity index (χ2v) is 14.0. The van der Waals surface area contributed by atoms with Gasteiger partial charge < -0.3 is 10.0 Å². The number of benzene rings is 1. The van der Waals surface area contributed by atoms with Gasteiger partial charge in [-0.15, -0.1) is 11.3 Å². The number of halogens is 6. The van der Waals surface area contributed by atoms with Crippen LogP contribution in [0.3, 0.4) is 0 Å². The van der Waals surface area contributed by atoms with E-state index in [9.17, 15) is 45.5 Å². The minimum atomic E-state index is -4.88. The number of rotatable bonds is 9. The molecule has 1 aromatic carbocycles.